The fourth-order valence-corrected chi connectivity index (χ4v) is 2.42. The van der Waals surface area contributed by atoms with Gasteiger partial charge in [0.05, 0.1) is 0 Å². The topological polar surface area (TPSA) is 51.0 Å². The first kappa shape index (κ1) is 15.9. The summed E-state index contributed by atoms with van der Waals surface area (Å²) < 4.78 is 18.3. The van der Waals surface area contributed by atoms with Crippen molar-refractivity contribution in [2.24, 2.45) is 0 Å². The molecule has 114 valence electrons. The fraction of sp³-hybridized carbons (Fsp3) is 0.467. The van der Waals surface area contributed by atoms with Gasteiger partial charge >= 0.3 is 0 Å². The molecule has 0 aliphatic heterocycles. The summed E-state index contributed by atoms with van der Waals surface area (Å²) in [7, 11) is 1.93. The molecule has 0 spiro atoms. The molecule has 0 saturated carbocycles. The van der Waals surface area contributed by atoms with E-state index in [0.717, 1.165) is 18.4 Å². The average Bonchev–Trinajstić information content (AvgIpc) is 2.89. The normalized spacial score (nSPS) is 12.6. The summed E-state index contributed by atoms with van der Waals surface area (Å²) in [6.45, 7) is 2.14. The van der Waals surface area contributed by atoms with Gasteiger partial charge in [0.25, 0.3) is 0 Å². The third-order valence-electron chi connectivity index (χ3n) is 3.34. The van der Waals surface area contributed by atoms with Gasteiger partial charge in [-0.2, -0.15) is 4.98 Å². The van der Waals surface area contributed by atoms with Crippen LogP contribution < -0.4 is 5.32 Å². The Balaban J connectivity index is 2.02. The highest BCUT2D eigenvalue weighted by Gasteiger charge is 2.13. The van der Waals surface area contributed by atoms with Crippen molar-refractivity contribution in [2.75, 3.05) is 7.05 Å². The summed E-state index contributed by atoms with van der Waals surface area (Å²) in [6, 6.07) is 4.63. The molecular formula is C15H19ClFN3O. The number of halogens is 2. The van der Waals surface area contributed by atoms with Crippen LogP contribution in [0.4, 0.5) is 4.39 Å². The molecule has 6 heteroatoms. The molecule has 0 fully saturated rings. The number of benzene rings is 1. The van der Waals surface area contributed by atoms with Crippen molar-refractivity contribution in [2.45, 2.75) is 38.6 Å². The molecule has 4 nitrogen and oxygen atoms in total. The third-order valence-corrected chi connectivity index (χ3v) is 3.69. The minimum Gasteiger partial charge on any atom is -0.339 e. The summed E-state index contributed by atoms with van der Waals surface area (Å²) in [6.07, 6.45) is 3.28. The second-order valence-corrected chi connectivity index (χ2v) is 5.40. The summed E-state index contributed by atoms with van der Waals surface area (Å²) in [5.74, 6) is 0.815. The first-order valence-corrected chi connectivity index (χ1v) is 7.42. The predicted molar refractivity (Wildman–Crippen MR) is 80.0 cm³/mol. The molecule has 1 heterocycles. The van der Waals surface area contributed by atoms with E-state index in [1.807, 2.05) is 7.05 Å². The van der Waals surface area contributed by atoms with E-state index in [1.165, 1.54) is 12.1 Å². The number of hydrogen-bond donors (Lipinski definition) is 1. The highest BCUT2D eigenvalue weighted by Crippen LogP contribution is 2.19. The van der Waals surface area contributed by atoms with E-state index in [4.69, 9.17) is 16.1 Å². The van der Waals surface area contributed by atoms with E-state index in [-0.39, 0.29) is 5.82 Å². The Hall–Kier alpha value is -1.46. The molecule has 2 rings (SSSR count). The lowest BCUT2D eigenvalue weighted by molar-refractivity contribution is 0.352. The van der Waals surface area contributed by atoms with Crippen molar-refractivity contribution >= 4 is 11.6 Å². The van der Waals surface area contributed by atoms with Crippen molar-refractivity contribution in [3.05, 3.63) is 46.3 Å². The molecule has 0 aliphatic rings. The summed E-state index contributed by atoms with van der Waals surface area (Å²) in [5, 5.41) is 7.57. The number of nitrogens with one attached hydrogen (secondary N) is 1. The highest BCUT2D eigenvalue weighted by atomic mass is 35.5. The molecule has 1 unspecified atom stereocenters. The van der Waals surface area contributed by atoms with Crippen molar-refractivity contribution in [3.63, 3.8) is 0 Å². The molecule has 0 saturated heterocycles. The van der Waals surface area contributed by atoms with Crippen LogP contribution in [0.3, 0.4) is 0 Å². The van der Waals surface area contributed by atoms with Crippen LogP contribution in [0.15, 0.2) is 22.7 Å². The maximum Gasteiger partial charge on any atom is 0.228 e. The Bertz CT molecular complexity index is 588. The van der Waals surface area contributed by atoms with Gasteiger partial charge in [0.15, 0.2) is 5.82 Å². The standard InChI is InChI=1S/C15H19ClFN3O/c1-3-4-12(18-2)9-15-19-14(20-21-15)7-10-5-6-11(17)8-13(10)16/h5-6,8,12,18H,3-4,7,9H2,1-2H3. The number of nitrogens with zero attached hydrogens (tertiary/aromatic N) is 2. The second-order valence-electron chi connectivity index (χ2n) is 5.00. The molecule has 0 radical (unpaired) electrons. The largest absolute Gasteiger partial charge is 0.339 e. The van der Waals surface area contributed by atoms with Gasteiger partial charge in [0.2, 0.25) is 5.89 Å². The van der Waals surface area contributed by atoms with Gasteiger partial charge in [-0.3, -0.25) is 0 Å². The number of aromatic nitrogens is 2. The Kier molecular flexibility index (Phi) is 5.70. The van der Waals surface area contributed by atoms with Crippen LogP contribution in [0.1, 0.15) is 37.0 Å². The summed E-state index contributed by atoms with van der Waals surface area (Å²) >= 11 is 6.00. The van der Waals surface area contributed by atoms with Gasteiger partial charge in [0, 0.05) is 23.9 Å². The van der Waals surface area contributed by atoms with Gasteiger partial charge < -0.3 is 9.84 Å². The van der Waals surface area contributed by atoms with Gasteiger partial charge in [-0.05, 0) is 31.2 Å². The Morgan fingerprint density at radius 1 is 1.43 bits per heavy atom. The van der Waals surface area contributed by atoms with Crippen LogP contribution in [0.2, 0.25) is 5.02 Å². The number of hydrogen-bond acceptors (Lipinski definition) is 4. The fourth-order valence-electron chi connectivity index (χ4n) is 2.19. The molecule has 1 aromatic carbocycles. The zero-order valence-corrected chi connectivity index (χ0v) is 13.0. The van der Waals surface area contributed by atoms with Crippen LogP contribution in [-0.2, 0) is 12.8 Å². The third kappa shape index (κ3) is 4.51. The summed E-state index contributed by atoms with van der Waals surface area (Å²) in [4.78, 5) is 4.37. The first-order chi connectivity index (χ1) is 10.1. The minimum atomic E-state index is -0.353. The zero-order chi connectivity index (χ0) is 15.2. The lowest BCUT2D eigenvalue weighted by Gasteiger charge is -2.11. The van der Waals surface area contributed by atoms with Crippen LogP contribution >= 0.6 is 11.6 Å². The minimum absolute atomic E-state index is 0.331. The Labute approximate surface area is 128 Å². The van der Waals surface area contributed by atoms with Crippen LogP contribution in [-0.4, -0.2) is 23.2 Å². The quantitative estimate of drug-likeness (QED) is 0.851. The summed E-state index contributed by atoms with van der Waals surface area (Å²) in [5.41, 5.74) is 0.782. The second kappa shape index (κ2) is 7.52. The molecule has 21 heavy (non-hydrogen) atoms. The molecular weight excluding hydrogens is 293 g/mol. The zero-order valence-electron chi connectivity index (χ0n) is 12.2. The predicted octanol–water partition coefficient (Wildman–Crippen LogP) is 3.38. The van der Waals surface area contributed by atoms with Crippen molar-refractivity contribution in [1.82, 2.24) is 15.5 Å². The van der Waals surface area contributed by atoms with E-state index in [2.05, 4.69) is 22.4 Å². The van der Waals surface area contributed by atoms with Crippen LogP contribution in [0.5, 0.6) is 0 Å². The Morgan fingerprint density at radius 2 is 2.24 bits per heavy atom. The van der Waals surface area contributed by atoms with E-state index in [1.54, 1.807) is 6.07 Å². The van der Waals surface area contributed by atoms with Gasteiger partial charge in [-0.1, -0.05) is 36.2 Å². The first-order valence-electron chi connectivity index (χ1n) is 7.05. The molecule has 1 aromatic heterocycles. The SMILES string of the molecule is CCCC(Cc1nc(Cc2ccc(F)cc2Cl)no1)NC. The highest BCUT2D eigenvalue weighted by molar-refractivity contribution is 6.31. The van der Waals surface area contributed by atoms with Crippen LogP contribution in [0.25, 0.3) is 0 Å². The van der Waals surface area contributed by atoms with Gasteiger partial charge in [0.1, 0.15) is 5.82 Å². The van der Waals surface area contributed by atoms with Crippen molar-refractivity contribution in [1.29, 1.82) is 0 Å². The van der Waals surface area contributed by atoms with E-state index < -0.39 is 0 Å². The van der Waals surface area contributed by atoms with E-state index in [9.17, 15) is 4.39 Å². The Morgan fingerprint density at radius 3 is 2.90 bits per heavy atom. The maximum atomic E-state index is 13.0. The molecule has 0 bridgehead atoms. The maximum absolute atomic E-state index is 13.0. The molecule has 0 aliphatic carbocycles. The molecule has 1 N–H and O–H groups in total. The molecule has 2 aromatic rings. The molecule has 0 amide bonds. The average molecular weight is 312 g/mol. The van der Waals surface area contributed by atoms with Gasteiger partial charge in [-0.25, -0.2) is 4.39 Å². The van der Waals surface area contributed by atoms with Gasteiger partial charge in [-0.15, -0.1) is 0 Å². The monoisotopic (exact) mass is 311 g/mol. The van der Waals surface area contributed by atoms with E-state index in [0.29, 0.717) is 35.6 Å². The lowest BCUT2D eigenvalue weighted by atomic mass is 10.1. The van der Waals surface area contributed by atoms with E-state index >= 15 is 0 Å². The smallest absolute Gasteiger partial charge is 0.228 e. The number of likely N-dealkylation sites (N-methyl/N-ethyl adjacent to an activating group) is 1. The van der Waals surface area contributed by atoms with Crippen molar-refractivity contribution in [3.8, 4) is 0 Å². The van der Waals surface area contributed by atoms with Crippen molar-refractivity contribution < 1.29 is 8.91 Å². The molecule has 1 atom stereocenters. The lowest BCUT2D eigenvalue weighted by Crippen LogP contribution is -2.27. The van der Waals surface area contributed by atoms with Crippen LogP contribution in [0, 0.1) is 5.82 Å². The number of rotatable bonds is 7.